The van der Waals surface area contributed by atoms with E-state index >= 15 is 0 Å². The molecular formula is C47H72N2O7. The number of benzene rings is 1. The first-order valence-electron chi connectivity index (χ1n) is 20.6. The van der Waals surface area contributed by atoms with Crippen LogP contribution in [-0.4, -0.2) is 67.0 Å². The summed E-state index contributed by atoms with van der Waals surface area (Å²) >= 11 is 0. The largest absolute Gasteiger partial charge is 0.493 e. The molecule has 312 valence electrons. The van der Waals surface area contributed by atoms with E-state index in [4.69, 9.17) is 9.47 Å². The van der Waals surface area contributed by atoms with E-state index in [0.717, 1.165) is 55.4 Å². The van der Waals surface area contributed by atoms with E-state index in [1.807, 2.05) is 52.0 Å². The van der Waals surface area contributed by atoms with E-state index in [9.17, 15) is 24.6 Å². The highest BCUT2D eigenvalue weighted by atomic mass is 16.5. The number of esters is 1. The molecule has 0 aliphatic rings. The lowest BCUT2D eigenvalue weighted by Gasteiger charge is -2.27. The van der Waals surface area contributed by atoms with Gasteiger partial charge in [0, 0.05) is 24.3 Å². The van der Waals surface area contributed by atoms with Crippen LogP contribution in [0.3, 0.4) is 0 Å². The predicted molar refractivity (Wildman–Crippen MR) is 229 cm³/mol. The minimum absolute atomic E-state index is 0.0314. The summed E-state index contributed by atoms with van der Waals surface area (Å²) < 4.78 is 11.3. The average Bonchev–Trinajstić information content (AvgIpc) is 3.18. The second-order valence-electron chi connectivity index (χ2n) is 14.8. The number of unbranched alkanes of at least 4 members (excludes halogenated alkanes) is 1. The molecule has 0 heterocycles. The van der Waals surface area contributed by atoms with Gasteiger partial charge in [-0.05, 0) is 108 Å². The first kappa shape index (κ1) is 49.8. The van der Waals surface area contributed by atoms with Gasteiger partial charge in [-0.1, -0.05) is 106 Å². The molecule has 1 aromatic rings. The third-order valence-corrected chi connectivity index (χ3v) is 9.11. The zero-order chi connectivity index (χ0) is 41.3. The number of allylic oxidation sites excluding steroid dienone is 12. The SMILES string of the molecule is CCC=CCC=CCC=CCC=CCC=CCC=CCCC(=O)NCCCCC(NC(=O)C(C)(C)CCCOc1cc(C)ccc1C)C(=O)OCC(CO)CO. The van der Waals surface area contributed by atoms with Crippen LogP contribution >= 0.6 is 0 Å². The summed E-state index contributed by atoms with van der Waals surface area (Å²) in [7, 11) is 0. The van der Waals surface area contributed by atoms with Crippen LogP contribution in [0.2, 0.25) is 0 Å². The van der Waals surface area contributed by atoms with Gasteiger partial charge < -0.3 is 30.3 Å². The molecule has 56 heavy (non-hydrogen) atoms. The predicted octanol–water partition coefficient (Wildman–Crippen LogP) is 8.88. The maximum absolute atomic E-state index is 13.4. The van der Waals surface area contributed by atoms with Gasteiger partial charge in [-0.25, -0.2) is 4.79 Å². The molecule has 0 saturated heterocycles. The molecule has 0 bridgehead atoms. The fourth-order valence-electron chi connectivity index (χ4n) is 5.38. The molecule has 1 atom stereocenters. The number of carbonyl (C=O) groups is 3. The number of rotatable bonds is 31. The lowest BCUT2D eigenvalue weighted by Crippen LogP contribution is -2.47. The lowest BCUT2D eigenvalue weighted by molar-refractivity contribution is -0.151. The maximum atomic E-state index is 13.4. The van der Waals surface area contributed by atoms with Gasteiger partial charge in [0.05, 0.1) is 26.4 Å². The Morgan fingerprint density at radius 1 is 0.786 bits per heavy atom. The van der Waals surface area contributed by atoms with Crippen molar-refractivity contribution in [2.45, 2.75) is 124 Å². The summed E-state index contributed by atoms with van der Waals surface area (Å²) in [5.74, 6) is -0.669. The number of amides is 2. The van der Waals surface area contributed by atoms with Crippen molar-refractivity contribution < 1.29 is 34.1 Å². The zero-order valence-corrected chi connectivity index (χ0v) is 35.0. The Bertz CT molecular complexity index is 1420. The van der Waals surface area contributed by atoms with Crippen molar-refractivity contribution in [3.8, 4) is 5.75 Å². The molecule has 0 radical (unpaired) electrons. The van der Waals surface area contributed by atoms with Crippen LogP contribution in [0.15, 0.2) is 91.1 Å². The second kappa shape index (κ2) is 31.9. The maximum Gasteiger partial charge on any atom is 0.328 e. The van der Waals surface area contributed by atoms with Crippen molar-refractivity contribution >= 4 is 17.8 Å². The molecule has 9 heteroatoms. The Morgan fingerprint density at radius 3 is 1.93 bits per heavy atom. The number of nitrogens with one attached hydrogen (secondary N) is 2. The number of hydrogen-bond acceptors (Lipinski definition) is 7. The minimum atomic E-state index is -0.894. The van der Waals surface area contributed by atoms with Crippen LogP contribution < -0.4 is 15.4 Å². The fourth-order valence-corrected chi connectivity index (χ4v) is 5.38. The quantitative estimate of drug-likeness (QED) is 0.0336. The minimum Gasteiger partial charge on any atom is -0.493 e. The van der Waals surface area contributed by atoms with Crippen LogP contribution in [-0.2, 0) is 19.1 Å². The third kappa shape index (κ3) is 25.0. The highest BCUT2D eigenvalue weighted by molar-refractivity contribution is 5.87. The van der Waals surface area contributed by atoms with Crippen LogP contribution in [0, 0.1) is 25.2 Å². The normalized spacial score (nSPS) is 13.0. The molecule has 1 aromatic carbocycles. The Kier molecular flexibility index (Phi) is 28.4. The second-order valence-corrected chi connectivity index (χ2v) is 14.8. The Balaban J connectivity index is 2.38. The molecule has 9 nitrogen and oxygen atoms in total. The monoisotopic (exact) mass is 777 g/mol. The molecule has 1 rings (SSSR count). The zero-order valence-electron chi connectivity index (χ0n) is 35.0. The van der Waals surface area contributed by atoms with Crippen molar-refractivity contribution in [3.63, 3.8) is 0 Å². The van der Waals surface area contributed by atoms with E-state index in [-0.39, 0.29) is 31.6 Å². The number of aliphatic hydroxyl groups excluding tert-OH is 2. The van der Waals surface area contributed by atoms with Gasteiger partial charge in [0.1, 0.15) is 11.8 Å². The van der Waals surface area contributed by atoms with Gasteiger partial charge in [-0.2, -0.15) is 0 Å². The van der Waals surface area contributed by atoms with Crippen LogP contribution in [0.5, 0.6) is 5.75 Å². The smallest absolute Gasteiger partial charge is 0.328 e. The van der Waals surface area contributed by atoms with Crippen molar-refractivity contribution in [3.05, 3.63) is 102 Å². The van der Waals surface area contributed by atoms with Crippen LogP contribution in [0.4, 0.5) is 0 Å². The number of aryl methyl sites for hydroxylation is 2. The molecule has 0 aliphatic heterocycles. The topological polar surface area (TPSA) is 134 Å². The van der Waals surface area contributed by atoms with E-state index < -0.39 is 23.3 Å². The summed E-state index contributed by atoms with van der Waals surface area (Å²) in [5.41, 5.74) is 1.41. The van der Waals surface area contributed by atoms with E-state index in [0.29, 0.717) is 58.1 Å². The summed E-state index contributed by atoms with van der Waals surface area (Å²) in [5, 5.41) is 24.6. The molecule has 0 aliphatic carbocycles. The van der Waals surface area contributed by atoms with Gasteiger partial charge >= 0.3 is 5.97 Å². The van der Waals surface area contributed by atoms with Gasteiger partial charge in [-0.15, -0.1) is 0 Å². The van der Waals surface area contributed by atoms with Gasteiger partial charge in [-0.3, -0.25) is 9.59 Å². The highest BCUT2D eigenvalue weighted by Gasteiger charge is 2.32. The fraction of sp³-hybridized carbons (Fsp3) is 0.553. The Labute approximate surface area is 338 Å². The summed E-state index contributed by atoms with van der Waals surface area (Å²) in [6, 6.07) is 5.17. The van der Waals surface area contributed by atoms with Crippen LogP contribution in [0.1, 0.15) is 115 Å². The summed E-state index contributed by atoms with van der Waals surface area (Å²) in [6.07, 6.45) is 35.4. The molecular weight excluding hydrogens is 705 g/mol. The number of hydrogen-bond donors (Lipinski definition) is 4. The molecule has 4 N–H and O–H groups in total. The summed E-state index contributed by atoms with van der Waals surface area (Å²) in [6.45, 7) is 9.96. The Morgan fingerprint density at radius 2 is 1.36 bits per heavy atom. The number of carbonyl (C=O) groups excluding carboxylic acids is 3. The van der Waals surface area contributed by atoms with Crippen molar-refractivity contribution in [2.24, 2.45) is 11.3 Å². The molecule has 0 saturated carbocycles. The third-order valence-electron chi connectivity index (χ3n) is 9.11. The average molecular weight is 777 g/mol. The summed E-state index contributed by atoms with van der Waals surface area (Å²) in [4.78, 5) is 38.7. The molecule has 0 aromatic heterocycles. The van der Waals surface area contributed by atoms with Gasteiger partial charge in [0.2, 0.25) is 11.8 Å². The first-order valence-corrected chi connectivity index (χ1v) is 20.6. The van der Waals surface area contributed by atoms with Gasteiger partial charge in [0.25, 0.3) is 0 Å². The van der Waals surface area contributed by atoms with Crippen molar-refractivity contribution in [2.75, 3.05) is 33.0 Å². The van der Waals surface area contributed by atoms with Crippen LogP contribution in [0.25, 0.3) is 0 Å². The van der Waals surface area contributed by atoms with Crippen molar-refractivity contribution in [1.82, 2.24) is 10.6 Å². The van der Waals surface area contributed by atoms with Gasteiger partial charge in [0.15, 0.2) is 0 Å². The van der Waals surface area contributed by atoms with E-state index in [1.165, 1.54) is 0 Å². The number of ether oxygens (including phenoxy) is 2. The van der Waals surface area contributed by atoms with E-state index in [1.54, 1.807) is 0 Å². The first-order chi connectivity index (χ1) is 27.0. The van der Waals surface area contributed by atoms with Crippen molar-refractivity contribution in [1.29, 1.82) is 0 Å². The standard InChI is InChI=1S/C47H72N2O7/c1-6-7-8-9-10-11-12-13-14-15-16-17-18-19-20-21-22-23-24-29-44(52)48-33-26-25-28-42(45(53)56-38-41(36-50)37-51)49-46(54)47(4,5)32-27-34-55-43-35-39(2)30-31-40(43)3/h7-8,10-11,13-14,16-17,19-20,22-23,30-31,35,41-42,50-51H,6,9,12,15,18,21,24-29,32-34,36-38H2,1-5H3,(H,48,52)(H,49,54). The highest BCUT2D eigenvalue weighted by Crippen LogP contribution is 2.25. The molecule has 2 amide bonds. The molecule has 1 unspecified atom stereocenters. The lowest BCUT2D eigenvalue weighted by atomic mass is 9.86. The Hall–Kier alpha value is -4.21. The molecule has 0 fully saturated rings. The number of aliphatic hydroxyl groups is 2. The molecule has 0 spiro atoms. The van der Waals surface area contributed by atoms with E-state index in [2.05, 4.69) is 84.4 Å².